The minimum absolute atomic E-state index is 0.684. The summed E-state index contributed by atoms with van der Waals surface area (Å²) in [5.41, 5.74) is 0. The van der Waals surface area contributed by atoms with Gasteiger partial charge in [-0.1, -0.05) is 13.8 Å². The Morgan fingerprint density at radius 2 is 1.73 bits per heavy atom. The monoisotopic (exact) mass is 219 g/mol. The molecule has 0 atom stereocenters. The van der Waals surface area contributed by atoms with Crippen LogP contribution in [0.15, 0.2) is 0 Å². The predicted octanol–water partition coefficient (Wildman–Crippen LogP) is 1.01. The second-order valence-electron chi connectivity index (χ2n) is 3.06. The van der Waals surface area contributed by atoms with Gasteiger partial charge in [0.25, 0.3) is 0 Å². The number of ether oxygens (including phenoxy) is 3. The van der Waals surface area contributed by atoms with Crippen LogP contribution in [0.3, 0.4) is 0 Å². The van der Waals surface area contributed by atoms with Gasteiger partial charge >= 0.3 is 0 Å². The van der Waals surface area contributed by atoms with Gasteiger partial charge in [0.15, 0.2) is 0 Å². The van der Waals surface area contributed by atoms with Gasteiger partial charge in [0.1, 0.15) is 0 Å². The second-order valence-corrected chi connectivity index (χ2v) is 3.06. The van der Waals surface area contributed by atoms with Gasteiger partial charge in [0.2, 0.25) is 0 Å². The number of morpholine rings is 1. The quantitative estimate of drug-likeness (QED) is 0.624. The highest BCUT2D eigenvalue weighted by Crippen LogP contribution is 1.95. The van der Waals surface area contributed by atoms with E-state index in [1.165, 1.54) is 0 Å². The van der Waals surface area contributed by atoms with E-state index in [2.05, 4.69) is 4.90 Å². The number of rotatable bonds is 6. The summed E-state index contributed by atoms with van der Waals surface area (Å²) in [7, 11) is 1.69. The largest absolute Gasteiger partial charge is 0.382 e. The van der Waals surface area contributed by atoms with Crippen molar-refractivity contribution in [1.82, 2.24) is 4.90 Å². The van der Waals surface area contributed by atoms with E-state index in [4.69, 9.17) is 14.2 Å². The van der Waals surface area contributed by atoms with Crippen LogP contribution in [0.1, 0.15) is 13.8 Å². The Morgan fingerprint density at radius 3 is 2.33 bits per heavy atom. The third-order valence-corrected chi connectivity index (χ3v) is 2.09. The molecule has 1 aliphatic rings. The smallest absolute Gasteiger partial charge is 0.0700 e. The van der Waals surface area contributed by atoms with Crippen molar-refractivity contribution in [2.75, 3.05) is 59.8 Å². The molecule has 0 amide bonds. The van der Waals surface area contributed by atoms with Crippen molar-refractivity contribution in [1.29, 1.82) is 0 Å². The molecular formula is C11H25NO3. The van der Waals surface area contributed by atoms with Gasteiger partial charge in [0.05, 0.1) is 33.0 Å². The molecule has 0 unspecified atom stereocenters. The van der Waals surface area contributed by atoms with Crippen molar-refractivity contribution in [3.8, 4) is 0 Å². The molecule has 1 heterocycles. The van der Waals surface area contributed by atoms with Crippen LogP contribution in [0.25, 0.3) is 0 Å². The number of hydrogen-bond donors (Lipinski definition) is 0. The van der Waals surface area contributed by atoms with Crippen LogP contribution in [0.5, 0.6) is 0 Å². The number of methoxy groups -OCH3 is 1. The fourth-order valence-corrected chi connectivity index (χ4v) is 1.26. The third-order valence-electron chi connectivity index (χ3n) is 2.09. The molecule has 0 aromatic heterocycles. The average Bonchev–Trinajstić information content (AvgIpc) is 2.33. The minimum atomic E-state index is 0.684. The standard InChI is InChI=1S/C9H19NO3.C2H6/c1-11-8-9-13-7-4-10-2-5-12-6-3-10;1-2/h2-9H2,1H3;1-2H3. The van der Waals surface area contributed by atoms with E-state index < -0.39 is 0 Å². The van der Waals surface area contributed by atoms with Gasteiger partial charge in [-0.15, -0.1) is 0 Å². The van der Waals surface area contributed by atoms with Gasteiger partial charge in [0, 0.05) is 26.7 Å². The Hall–Kier alpha value is -0.160. The summed E-state index contributed by atoms with van der Waals surface area (Å²) >= 11 is 0. The molecule has 1 aliphatic heterocycles. The summed E-state index contributed by atoms with van der Waals surface area (Å²) in [5, 5.41) is 0. The molecule has 1 saturated heterocycles. The van der Waals surface area contributed by atoms with Crippen LogP contribution >= 0.6 is 0 Å². The zero-order chi connectivity index (χ0) is 11.4. The maximum Gasteiger partial charge on any atom is 0.0700 e. The van der Waals surface area contributed by atoms with E-state index in [1.807, 2.05) is 13.8 Å². The first-order chi connectivity index (χ1) is 7.43. The summed E-state index contributed by atoms with van der Waals surface area (Å²) in [6, 6.07) is 0. The molecule has 0 N–H and O–H groups in total. The number of nitrogens with zero attached hydrogens (tertiary/aromatic N) is 1. The van der Waals surface area contributed by atoms with Crippen LogP contribution in [-0.4, -0.2) is 64.7 Å². The molecule has 4 nitrogen and oxygen atoms in total. The third kappa shape index (κ3) is 8.81. The van der Waals surface area contributed by atoms with Gasteiger partial charge < -0.3 is 14.2 Å². The average molecular weight is 219 g/mol. The molecule has 92 valence electrons. The predicted molar refractivity (Wildman–Crippen MR) is 61.3 cm³/mol. The van der Waals surface area contributed by atoms with E-state index in [0.29, 0.717) is 13.2 Å². The fraction of sp³-hybridized carbons (Fsp3) is 1.00. The normalized spacial score (nSPS) is 17.0. The van der Waals surface area contributed by atoms with Crippen molar-refractivity contribution in [2.24, 2.45) is 0 Å². The lowest BCUT2D eigenvalue weighted by Crippen LogP contribution is -2.38. The Morgan fingerprint density at radius 1 is 1.07 bits per heavy atom. The molecule has 0 aromatic rings. The minimum Gasteiger partial charge on any atom is -0.382 e. The summed E-state index contributed by atoms with van der Waals surface area (Å²) < 4.78 is 15.5. The highest BCUT2D eigenvalue weighted by Gasteiger charge is 2.08. The molecule has 1 fully saturated rings. The highest BCUT2D eigenvalue weighted by molar-refractivity contribution is 4.60. The molecule has 0 aromatic carbocycles. The lowest BCUT2D eigenvalue weighted by atomic mass is 10.4. The van der Waals surface area contributed by atoms with E-state index in [9.17, 15) is 0 Å². The topological polar surface area (TPSA) is 30.9 Å². The first-order valence-electron chi connectivity index (χ1n) is 5.80. The molecular weight excluding hydrogens is 194 g/mol. The van der Waals surface area contributed by atoms with Crippen LogP contribution in [-0.2, 0) is 14.2 Å². The van der Waals surface area contributed by atoms with Crippen molar-refractivity contribution >= 4 is 0 Å². The highest BCUT2D eigenvalue weighted by atomic mass is 16.5. The van der Waals surface area contributed by atoms with Crippen molar-refractivity contribution in [3.63, 3.8) is 0 Å². The van der Waals surface area contributed by atoms with Crippen molar-refractivity contribution in [3.05, 3.63) is 0 Å². The van der Waals surface area contributed by atoms with Gasteiger partial charge in [-0.2, -0.15) is 0 Å². The fourth-order valence-electron chi connectivity index (χ4n) is 1.26. The first-order valence-corrected chi connectivity index (χ1v) is 5.80. The van der Waals surface area contributed by atoms with Crippen molar-refractivity contribution < 1.29 is 14.2 Å². The Balaban J connectivity index is 0.000000921. The Kier molecular flexibility index (Phi) is 11.8. The van der Waals surface area contributed by atoms with Gasteiger partial charge in [-0.25, -0.2) is 0 Å². The summed E-state index contributed by atoms with van der Waals surface area (Å²) in [5.74, 6) is 0. The van der Waals surface area contributed by atoms with Crippen molar-refractivity contribution in [2.45, 2.75) is 13.8 Å². The molecule has 0 bridgehead atoms. The number of hydrogen-bond acceptors (Lipinski definition) is 4. The van der Waals surface area contributed by atoms with E-state index in [0.717, 1.165) is 39.5 Å². The van der Waals surface area contributed by atoms with E-state index in [-0.39, 0.29) is 0 Å². The van der Waals surface area contributed by atoms with E-state index in [1.54, 1.807) is 7.11 Å². The maximum absolute atomic E-state index is 5.37. The first kappa shape index (κ1) is 14.8. The summed E-state index contributed by atoms with van der Waals surface area (Å²) in [4.78, 5) is 2.36. The SMILES string of the molecule is CC.COCCOCCN1CCOCC1. The molecule has 0 spiro atoms. The second kappa shape index (κ2) is 11.9. The van der Waals surface area contributed by atoms with E-state index >= 15 is 0 Å². The van der Waals surface area contributed by atoms with Crippen LogP contribution in [0.2, 0.25) is 0 Å². The van der Waals surface area contributed by atoms with Gasteiger partial charge in [-0.3, -0.25) is 4.90 Å². The van der Waals surface area contributed by atoms with Gasteiger partial charge in [-0.05, 0) is 0 Å². The zero-order valence-corrected chi connectivity index (χ0v) is 10.3. The molecule has 4 heteroatoms. The lowest BCUT2D eigenvalue weighted by Gasteiger charge is -2.26. The Labute approximate surface area is 93.5 Å². The van der Waals surface area contributed by atoms with Crippen LogP contribution < -0.4 is 0 Å². The molecule has 1 rings (SSSR count). The lowest BCUT2D eigenvalue weighted by molar-refractivity contribution is 0.0128. The Bertz CT molecular complexity index is 116. The van der Waals surface area contributed by atoms with Crippen LogP contribution in [0.4, 0.5) is 0 Å². The molecule has 15 heavy (non-hydrogen) atoms. The zero-order valence-electron chi connectivity index (χ0n) is 10.3. The maximum atomic E-state index is 5.37. The molecule has 0 radical (unpaired) electrons. The molecule has 0 aliphatic carbocycles. The molecule has 0 saturated carbocycles. The summed E-state index contributed by atoms with van der Waals surface area (Å²) in [6.45, 7) is 11.0. The van der Waals surface area contributed by atoms with Crippen LogP contribution in [0, 0.1) is 0 Å². The summed E-state index contributed by atoms with van der Waals surface area (Å²) in [6.07, 6.45) is 0.